The number of carbonyl (C=O) groups is 1. The fourth-order valence-electron chi connectivity index (χ4n) is 3.63. The summed E-state index contributed by atoms with van der Waals surface area (Å²) >= 11 is 0. The van der Waals surface area contributed by atoms with Crippen LogP contribution >= 0.6 is 0 Å². The van der Waals surface area contributed by atoms with E-state index in [0.717, 1.165) is 18.7 Å². The highest BCUT2D eigenvalue weighted by Crippen LogP contribution is 2.36. The number of halogens is 3. The van der Waals surface area contributed by atoms with Crippen molar-refractivity contribution in [2.45, 2.75) is 39.0 Å². The van der Waals surface area contributed by atoms with E-state index in [1.807, 2.05) is 25.7 Å². The number of rotatable bonds is 1. The molecule has 1 aromatic heterocycles. The molecular weight excluding hydrogens is 347 g/mol. The fourth-order valence-corrected chi connectivity index (χ4v) is 3.63. The van der Waals surface area contributed by atoms with Crippen molar-refractivity contribution in [1.29, 1.82) is 0 Å². The summed E-state index contributed by atoms with van der Waals surface area (Å²) < 4.78 is 44.2. The SMILES string of the molecule is CC(C)(C)OC(=O)N1CC[C@@H]2CN(c3cncc(C(F)(F)F)c3)C[C@@H]2C1. The first kappa shape index (κ1) is 18.8. The molecule has 3 rings (SSSR count). The Morgan fingerprint density at radius 3 is 2.50 bits per heavy atom. The first-order chi connectivity index (χ1) is 12.0. The number of likely N-dealkylation sites (tertiary alicyclic amines) is 1. The maximum absolute atomic E-state index is 12.9. The molecule has 2 aliphatic heterocycles. The van der Waals surface area contributed by atoms with Crippen LogP contribution in [0.2, 0.25) is 0 Å². The van der Waals surface area contributed by atoms with Gasteiger partial charge in [-0.05, 0) is 45.1 Å². The van der Waals surface area contributed by atoms with Gasteiger partial charge in [0.1, 0.15) is 5.60 Å². The summed E-state index contributed by atoms with van der Waals surface area (Å²) in [4.78, 5) is 19.7. The molecule has 144 valence electrons. The molecule has 5 nitrogen and oxygen atoms in total. The Bertz CT molecular complexity index is 672. The minimum Gasteiger partial charge on any atom is -0.444 e. The molecule has 8 heteroatoms. The number of hydrogen-bond acceptors (Lipinski definition) is 4. The Morgan fingerprint density at radius 2 is 1.85 bits per heavy atom. The summed E-state index contributed by atoms with van der Waals surface area (Å²) in [7, 11) is 0. The normalized spacial score (nSPS) is 23.8. The number of fused-ring (bicyclic) bond motifs is 1. The largest absolute Gasteiger partial charge is 0.444 e. The lowest BCUT2D eigenvalue weighted by Gasteiger charge is -2.35. The summed E-state index contributed by atoms with van der Waals surface area (Å²) in [5, 5.41) is 0. The van der Waals surface area contributed by atoms with E-state index < -0.39 is 17.3 Å². The monoisotopic (exact) mass is 371 g/mol. The van der Waals surface area contributed by atoms with Crippen LogP contribution in [0.15, 0.2) is 18.5 Å². The molecule has 2 fully saturated rings. The maximum Gasteiger partial charge on any atom is 0.417 e. The second-order valence-electron chi connectivity index (χ2n) is 8.07. The van der Waals surface area contributed by atoms with Gasteiger partial charge in [0.2, 0.25) is 0 Å². The number of piperidine rings is 1. The molecule has 0 spiro atoms. The predicted octanol–water partition coefficient (Wildman–Crippen LogP) is 3.79. The molecule has 0 aliphatic carbocycles. The van der Waals surface area contributed by atoms with Crippen LogP contribution in [0.25, 0.3) is 0 Å². The van der Waals surface area contributed by atoms with Gasteiger partial charge in [0, 0.05) is 32.4 Å². The number of amides is 1. The Morgan fingerprint density at radius 1 is 1.15 bits per heavy atom. The molecule has 26 heavy (non-hydrogen) atoms. The van der Waals surface area contributed by atoms with Crippen LogP contribution in [0.1, 0.15) is 32.8 Å². The Kier molecular flexibility index (Phi) is 4.79. The van der Waals surface area contributed by atoms with Gasteiger partial charge in [-0.2, -0.15) is 13.2 Å². The van der Waals surface area contributed by atoms with Crippen molar-refractivity contribution in [1.82, 2.24) is 9.88 Å². The van der Waals surface area contributed by atoms with Crippen molar-refractivity contribution >= 4 is 11.8 Å². The second-order valence-corrected chi connectivity index (χ2v) is 8.07. The summed E-state index contributed by atoms with van der Waals surface area (Å²) in [6, 6.07) is 1.15. The molecule has 0 saturated carbocycles. The van der Waals surface area contributed by atoms with Crippen LogP contribution in [0.4, 0.5) is 23.7 Å². The van der Waals surface area contributed by atoms with E-state index in [2.05, 4.69) is 4.98 Å². The number of ether oxygens (including phenoxy) is 1. The maximum atomic E-state index is 12.9. The van der Waals surface area contributed by atoms with Gasteiger partial charge in [0.25, 0.3) is 0 Å². The highest BCUT2D eigenvalue weighted by atomic mass is 19.4. The number of alkyl halides is 3. The first-order valence-electron chi connectivity index (χ1n) is 8.78. The van der Waals surface area contributed by atoms with Crippen LogP contribution in [0, 0.1) is 11.8 Å². The van der Waals surface area contributed by atoms with E-state index in [1.165, 1.54) is 6.20 Å². The molecule has 2 atom stereocenters. The summed E-state index contributed by atoms with van der Waals surface area (Å²) in [6.45, 7) is 7.98. The standard InChI is InChI=1S/C18H24F3N3O2/c1-17(2,3)26-16(25)23-5-4-12-9-24(11-13(12)10-23)15-6-14(7-22-8-15)18(19,20)21/h6-8,12-13H,4-5,9-11H2,1-3H3/t12-,13+/m1/s1. The average molecular weight is 371 g/mol. The van der Waals surface area contributed by atoms with E-state index >= 15 is 0 Å². The molecule has 0 unspecified atom stereocenters. The predicted molar refractivity (Wildman–Crippen MR) is 90.9 cm³/mol. The van der Waals surface area contributed by atoms with Gasteiger partial charge in [0.05, 0.1) is 17.4 Å². The molecule has 3 heterocycles. The van der Waals surface area contributed by atoms with Crippen LogP contribution in [-0.4, -0.2) is 47.8 Å². The Labute approximate surface area is 151 Å². The Hall–Kier alpha value is -1.99. The van der Waals surface area contributed by atoms with Crippen LogP contribution in [-0.2, 0) is 10.9 Å². The highest BCUT2D eigenvalue weighted by Gasteiger charge is 2.40. The van der Waals surface area contributed by atoms with Crippen molar-refractivity contribution < 1.29 is 22.7 Å². The molecule has 2 aliphatic rings. The lowest BCUT2D eigenvalue weighted by Crippen LogP contribution is -2.45. The number of carbonyl (C=O) groups excluding carboxylic acids is 1. The van der Waals surface area contributed by atoms with E-state index in [4.69, 9.17) is 4.74 Å². The fraction of sp³-hybridized carbons (Fsp3) is 0.667. The van der Waals surface area contributed by atoms with E-state index in [9.17, 15) is 18.0 Å². The number of aromatic nitrogens is 1. The van der Waals surface area contributed by atoms with Crippen LogP contribution in [0.3, 0.4) is 0 Å². The summed E-state index contributed by atoms with van der Waals surface area (Å²) in [6.07, 6.45) is -1.58. The van der Waals surface area contributed by atoms with Crippen molar-refractivity contribution in [3.8, 4) is 0 Å². The third-order valence-corrected chi connectivity index (χ3v) is 4.87. The van der Waals surface area contributed by atoms with Gasteiger partial charge in [-0.1, -0.05) is 0 Å². The first-order valence-corrected chi connectivity index (χ1v) is 8.78. The highest BCUT2D eigenvalue weighted by molar-refractivity contribution is 5.68. The minimum atomic E-state index is -4.40. The molecule has 0 bridgehead atoms. The number of pyridine rings is 1. The van der Waals surface area contributed by atoms with Crippen molar-refractivity contribution in [3.63, 3.8) is 0 Å². The smallest absolute Gasteiger partial charge is 0.417 e. The van der Waals surface area contributed by atoms with Crippen molar-refractivity contribution in [2.75, 3.05) is 31.1 Å². The molecule has 0 N–H and O–H groups in total. The van der Waals surface area contributed by atoms with E-state index in [-0.39, 0.29) is 12.0 Å². The zero-order valence-electron chi connectivity index (χ0n) is 15.2. The molecule has 0 radical (unpaired) electrons. The Balaban J connectivity index is 1.66. The van der Waals surface area contributed by atoms with E-state index in [0.29, 0.717) is 37.8 Å². The summed E-state index contributed by atoms with van der Waals surface area (Å²) in [5.41, 5.74) is -0.794. The van der Waals surface area contributed by atoms with Gasteiger partial charge in [-0.25, -0.2) is 4.79 Å². The molecule has 2 saturated heterocycles. The number of anilines is 1. The minimum absolute atomic E-state index is 0.228. The van der Waals surface area contributed by atoms with E-state index in [1.54, 1.807) is 4.90 Å². The van der Waals surface area contributed by atoms with Gasteiger partial charge in [-0.15, -0.1) is 0 Å². The molecule has 1 aromatic rings. The number of nitrogens with zero attached hydrogens (tertiary/aromatic N) is 3. The zero-order valence-corrected chi connectivity index (χ0v) is 15.2. The van der Waals surface area contributed by atoms with Crippen molar-refractivity contribution in [2.24, 2.45) is 11.8 Å². The molecular formula is C18H24F3N3O2. The van der Waals surface area contributed by atoms with Gasteiger partial charge in [0.15, 0.2) is 0 Å². The number of hydrogen-bond donors (Lipinski definition) is 0. The van der Waals surface area contributed by atoms with Crippen LogP contribution in [0.5, 0.6) is 0 Å². The third kappa shape index (κ3) is 4.22. The lowest BCUT2D eigenvalue weighted by molar-refractivity contribution is -0.137. The van der Waals surface area contributed by atoms with Gasteiger partial charge < -0.3 is 14.5 Å². The third-order valence-electron chi connectivity index (χ3n) is 4.87. The average Bonchev–Trinajstić information content (AvgIpc) is 2.95. The molecule has 1 amide bonds. The van der Waals surface area contributed by atoms with Crippen LogP contribution < -0.4 is 4.90 Å². The van der Waals surface area contributed by atoms with Gasteiger partial charge in [-0.3, -0.25) is 4.98 Å². The lowest BCUT2D eigenvalue weighted by atomic mass is 9.89. The topological polar surface area (TPSA) is 45.7 Å². The second kappa shape index (κ2) is 6.63. The van der Waals surface area contributed by atoms with Gasteiger partial charge >= 0.3 is 12.3 Å². The quantitative estimate of drug-likeness (QED) is 0.753. The zero-order chi connectivity index (χ0) is 19.1. The molecule has 0 aromatic carbocycles. The van der Waals surface area contributed by atoms with Crippen molar-refractivity contribution in [3.05, 3.63) is 24.0 Å². The summed E-state index contributed by atoms with van der Waals surface area (Å²) in [5.74, 6) is 0.592.